The molecular weight excluding hydrogens is 336 g/mol. The molecule has 0 bridgehead atoms. The van der Waals surface area contributed by atoms with Gasteiger partial charge in [-0.15, -0.1) is 0 Å². The molecule has 2 rings (SSSR count). The minimum Gasteiger partial charge on any atom is -0.493 e. The maximum atomic E-state index is 12.1. The lowest BCUT2D eigenvalue weighted by molar-refractivity contribution is -0.385. The predicted molar refractivity (Wildman–Crippen MR) is 99.7 cm³/mol. The number of nitrogens with one attached hydrogen (secondary N) is 1. The second-order valence-electron chi connectivity index (χ2n) is 5.37. The van der Waals surface area contributed by atoms with Crippen molar-refractivity contribution >= 4 is 23.4 Å². The van der Waals surface area contributed by atoms with Gasteiger partial charge in [-0.05, 0) is 43.7 Å². The molecule has 0 radical (unpaired) electrons. The molecule has 0 heterocycles. The van der Waals surface area contributed by atoms with Gasteiger partial charge in [0.25, 0.3) is 5.69 Å². The van der Waals surface area contributed by atoms with Gasteiger partial charge in [0.1, 0.15) is 0 Å². The first kappa shape index (κ1) is 19.0. The van der Waals surface area contributed by atoms with Crippen molar-refractivity contribution in [2.24, 2.45) is 0 Å². The van der Waals surface area contributed by atoms with Crippen LogP contribution in [-0.2, 0) is 4.79 Å². The van der Waals surface area contributed by atoms with E-state index in [0.717, 1.165) is 5.56 Å². The fraction of sp³-hybridized carbons (Fsp3) is 0.211. The Kier molecular flexibility index (Phi) is 6.32. The smallest absolute Gasteiger partial charge is 0.274 e. The first-order valence-corrected chi connectivity index (χ1v) is 8.00. The molecule has 7 nitrogen and oxygen atoms in total. The van der Waals surface area contributed by atoms with Crippen molar-refractivity contribution in [1.29, 1.82) is 0 Å². The molecule has 0 aromatic heterocycles. The van der Waals surface area contributed by atoms with Gasteiger partial charge in [-0.2, -0.15) is 0 Å². The van der Waals surface area contributed by atoms with E-state index in [4.69, 9.17) is 9.47 Å². The fourth-order valence-corrected chi connectivity index (χ4v) is 2.37. The van der Waals surface area contributed by atoms with Gasteiger partial charge in [0.15, 0.2) is 11.5 Å². The Morgan fingerprint density at radius 1 is 1.27 bits per heavy atom. The summed E-state index contributed by atoms with van der Waals surface area (Å²) in [6.07, 6.45) is 2.99. The van der Waals surface area contributed by atoms with Gasteiger partial charge in [-0.25, -0.2) is 0 Å². The number of anilines is 1. The fourth-order valence-electron chi connectivity index (χ4n) is 2.37. The molecule has 0 unspecified atom stereocenters. The summed E-state index contributed by atoms with van der Waals surface area (Å²) < 4.78 is 10.7. The highest BCUT2D eigenvalue weighted by atomic mass is 16.6. The number of rotatable bonds is 7. The van der Waals surface area contributed by atoms with Gasteiger partial charge in [-0.1, -0.05) is 12.1 Å². The van der Waals surface area contributed by atoms with Crippen LogP contribution in [0.3, 0.4) is 0 Å². The van der Waals surface area contributed by atoms with Gasteiger partial charge >= 0.3 is 0 Å². The summed E-state index contributed by atoms with van der Waals surface area (Å²) >= 11 is 0. The van der Waals surface area contributed by atoms with Gasteiger partial charge in [0, 0.05) is 12.1 Å². The number of carbonyl (C=O) groups is 1. The Labute approximate surface area is 151 Å². The Bertz CT molecular complexity index is 846. The molecule has 0 spiro atoms. The minimum atomic E-state index is -0.479. The van der Waals surface area contributed by atoms with Crippen molar-refractivity contribution < 1.29 is 19.2 Å². The van der Waals surface area contributed by atoms with Crippen LogP contribution in [0.4, 0.5) is 11.4 Å². The number of hydrogen-bond donors (Lipinski definition) is 1. The molecular formula is C19H20N2O5. The minimum absolute atomic E-state index is 0.0386. The van der Waals surface area contributed by atoms with Gasteiger partial charge < -0.3 is 14.8 Å². The SMILES string of the molecule is CCOc1cc(/C=C/C(=O)Nc2cccc([N+](=O)[O-])c2C)ccc1OC. The normalized spacial score (nSPS) is 10.6. The van der Waals surface area contributed by atoms with Crippen LogP contribution in [0.5, 0.6) is 11.5 Å². The van der Waals surface area contributed by atoms with Crippen LogP contribution in [0.1, 0.15) is 18.1 Å². The van der Waals surface area contributed by atoms with E-state index in [2.05, 4.69) is 5.32 Å². The first-order chi connectivity index (χ1) is 12.5. The summed E-state index contributed by atoms with van der Waals surface area (Å²) in [5.74, 6) is 0.815. The van der Waals surface area contributed by atoms with Crippen LogP contribution < -0.4 is 14.8 Å². The van der Waals surface area contributed by atoms with E-state index in [1.165, 1.54) is 18.2 Å². The van der Waals surface area contributed by atoms with Crippen molar-refractivity contribution in [3.8, 4) is 11.5 Å². The largest absolute Gasteiger partial charge is 0.493 e. The number of benzene rings is 2. The molecule has 0 aliphatic carbocycles. The van der Waals surface area contributed by atoms with Gasteiger partial charge in [-0.3, -0.25) is 14.9 Å². The average molecular weight is 356 g/mol. The molecule has 0 atom stereocenters. The molecule has 0 saturated heterocycles. The molecule has 0 aliphatic heterocycles. The number of nitro benzene ring substituents is 1. The monoisotopic (exact) mass is 356 g/mol. The van der Waals surface area contributed by atoms with Crippen LogP contribution in [0.2, 0.25) is 0 Å². The number of nitro groups is 1. The van der Waals surface area contributed by atoms with E-state index < -0.39 is 4.92 Å². The maximum absolute atomic E-state index is 12.1. The molecule has 2 aromatic carbocycles. The average Bonchev–Trinajstić information content (AvgIpc) is 2.62. The summed E-state index contributed by atoms with van der Waals surface area (Å²) in [5.41, 5.74) is 1.53. The third kappa shape index (κ3) is 4.60. The van der Waals surface area contributed by atoms with E-state index >= 15 is 0 Å². The molecule has 0 fully saturated rings. The zero-order valence-electron chi connectivity index (χ0n) is 14.8. The molecule has 26 heavy (non-hydrogen) atoms. The third-order valence-corrected chi connectivity index (χ3v) is 3.67. The predicted octanol–water partition coefficient (Wildman–Crippen LogP) is 3.96. The van der Waals surface area contributed by atoms with Crippen LogP contribution in [0, 0.1) is 17.0 Å². The summed E-state index contributed by atoms with van der Waals surface area (Å²) in [5, 5.41) is 13.6. The second-order valence-corrected chi connectivity index (χ2v) is 5.37. The Morgan fingerprint density at radius 2 is 2.04 bits per heavy atom. The highest BCUT2D eigenvalue weighted by Gasteiger charge is 2.14. The summed E-state index contributed by atoms with van der Waals surface area (Å²) in [4.78, 5) is 22.6. The number of methoxy groups -OCH3 is 1. The lowest BCUT2D eigenvalue weighted by atomic mass is 10.1. The number of carbonyl (C=O) groups excluding carboxylic acids is 1. The zero-order valence-corrected chi connectivity index (χ0v) is 14.8. The highest BCUT2D eigenvalue weighted by Crippen LogP contribution is 2.28. The number of hydrogen-bond acceptors (Lipinski definition) is 5. The Balaban J connectivity index is 2.14. The quantitative estimate of drug-likeness (QED) is 0.461. The topological polar surface area (TPSA) is 90.7 Å². The van der Waals surface area contributed by atoms with Crippen molar-refractivity contribution in [3.05, 3.63) is 63.7 Å². The van der Waals surface area contributed by atoms with Crippen LogP contribution >= 0.6 is 0 Å². The van der Waals surface area contributed by atoms with Crippen LogP contribution in [-0.4, -0.2) is 24.5 Å². The molecule has 1 amide bonds. The molecule has 2 aromatic rings. The van der Waals surface area contributed by atoms with Crippen LogP contribution in [0.15, 0.2) is 42.5 Å². The van der Waals surface area contributed by atoms with Crippen molar-refractivity contribution in [2.45, 2.75) is 13.8 Å². The summed E-state index contributed by atoms with van der Waals surface area (Å²) in [7, 11) is 1.56. The third-order valence-electron chi connectivity index (χ3n) is 3.67. The Hall–Kier alpha value is -3.35. The number of amides is 1. The van der Waals surface area contributed by atoms with Crippen molar-refractivity contribution in [3.63, 3.8) is 0 Å². The first-order valence-electron chi connectivity index (χ1n) is 8.00. The molecule has 7 heteroatoms. The molecule has 0 saturated carbocycles. The van der Waals surface area contributed by atoms with E-state index in [0.29, 0.717) is 29.4 Å². The van der Waals surface area contributed by atoms with Crippen molar-refractivity contribution in [1.82, 2.24) is 0 Å². The summed E-state index contributed by atoms with van der Waals surface area (Å²) in [6.45, 7) is 3.96. The maximum Gasteiger partial charge on any atom is 0.274 e. The summed E-state index contributed by atoms with van der Waals surface area (Å²) in [6, 6.07) is 9.87. The number of ether oxygens (including phenoxy) is 2. The molecule has 0 aliphatic rings. The van der Waals surface area contributed by atoms with Gasteiger partial charge in [0.05, 0.1) is 29.9 Å². The van der Waals surface area contributed by atoms with E-state index in [1.54, 1.807) is 44.4 Å². The second kappa shape index (κ2) is 8.66. The van der Waals surface area contributed by atoms with Crippen molar-refractivity contribution in [2.75, 3.05) is 19.0 Å². The lowest BCUT2D eigenvalue weighted by Crippen LogP contribution is -2.09. The van der Waals surface area contributed by atoms with Crippen LogP contribution in [0.25, 0.3) is 6.08 Å². The standard InChI is InChI=1S/C19H20N2O5/c1-4-26-18-12-14(8-10-17(18)25-3)9-11-19(22)20-15-6-5-7-16(13(15)2)21(23)24/h5-12H,4H2,1-3H3,(H,20,22)/b11-9+. The number of nitrogens with zero attached hydrogens (tertiary/aromatic N) is 1. The Morgan fingerprint density at radius 3 is 2.69 bits per heavy atom. The van der Waals surface area contributed by atoms with Gasteiger partial charge in [0.2, 0.25) is 5.91 Å². The molecule has 1 N–H and O–H groups in total. The van der Waals surface area contributed by atoms with E-state index in [-0.39, 0.29) is 11.6 Å². The van der Waals surface area contributed by atoms with E-state index in [1.807, 2.05) is 6.92 Å². The zero-order chi connectivity index (χ0) is 19.1. The highest BCUT2D eigenvalue weighted by molar-refractivity contribution is 6.02. The van der Waals surface area contributed by atoms with E-state index in [9.17, 15) is 14.9 Å². The lowest BCUT2D eigenvalue weighted by Gasteiger charge is -2.09. The molecule has 136 valence electrons.